The summed E-state index contributed by atoms with van der Waals surface area (Å²) in [6.45, 7) is 2.61. The van der Waals surface area contributed by atoms with Crippen LogP contribution in [0.2, 0.25) is 0 Å². The van der Waals surface area contributed by atoms with Crippen molar-refractivity contribution >= 4 is 23.6 Å². The van der Waals surface area contributed by atoms with Crippen LogP contribution in [-0.4, -0.2) is 19.7 Å². The van der Waals surface area contributed by atoms with E-state index in [1.165, 1.54) is 0 Å². The van der Waals surface area contributed by atoms with Crippen molar-refractivity contribution < 1.29 is 0 Å². The minimum atomic E-state index is 0.617. The number of aromatic nitrogens is 4. The van der Waals surface area contributed by atoms with Crippen molar-refractivity contribution in [1.29, 1.82) is 0 Å². The highest BCUT2D eigenvalue weighted by Crippen LogP contribution is 2.23. The number of rotatable bonds is 3. The Hall–Kier alpha value is -1.79. The first-order chi connectivity index (χ1) is 9.24. The van der Waals surface area contributed by atoms with E-state index in [4.69, 9.17) is 12.2 Å². The molecule has 3 aromatic rings. The minimum Gasteiger partial charge on any atom is -0.293 e. The molecule has 3 heterocycles. The maximum atomic E-state index is 5.30. The molecule has 0 radical (unpaired) electrons. The Morgan fingerprint density at radius 3 is 2.95 bits per heavy atom. The summed E-state index contributed by atoms with van der Waals surface area (Å²) in [5.41, 5.74) is 1.99. The lowest BCUT2D eigenvalue weighted by Gasteiger charge is -2.05. The van der Waals surface area contributed by atoms with Gasteiger partial charge in [0.15, 0.2) is 10.6 Å². The van der Waals surface area contributed by atoms with Crippen LogP contribution in [0, 0.1) is 11.7 Å². The van der Waals surface area contributed by atoms with Crippen molar-refractivity contribution in [3.8, 4) is 10.7 Å². The molecule has 4 nitrogen and oxygen atoms in total. The molecule has 0 aliphatic carbocycles. The number of pyridine rings is 1. The molecule has 19 heavy (non-hydrogen) atoms. The first-order valence-corrected chi connectivity index (χ1v) is 7.14. The van der Waals surface area contributed by atoms with Gasteiger partial charge in [-0.05, 0) is 42.7 Å². The van der Waals surface area contributed by atoms with Crippen molar-refractivity contribution in [1.82, 2.24) is 19.7 Å². The molecule has 0 saturated heterocycles. The standard InChI is InChI=1S/C13H12N4S2/c1-9-4-2-5-10(14-9)8-17-12(15-16-13(17)18)11-6-3-7-19-11/h2-7H,8H2,1H3,(H,16,18). The Bertz CT molecular complexity index is 740. The number of hydrogen-bond acceptors (Lipinski definition) is 4. The van der Waals surface area contributed by atoms with Crippen LogP contribution in [0.4, 0.5) is 0 Å². The molecule has 0 unspecified atom stereocenters. The van der Waals surface area contributed by atoms with Crippen LogP contribution in [0.25, 0.3) is 10.7 Å². The van der Waals surface area contributed by atoms with E-state index < -0.39 is 0 Å². The predicted molar refractivity (Wildman–Crippen MR) is 78.8 cm³/mol. The van der Waals surface area contributed by atoms with Gasteiger partial charge in [0.05, 0.1) is 17.1 Å². The van der Waals surface area contributed by atoms with Gasteiger partial charge in [-0.3, -0.25) is 14.6 Å². The Balaban J connectivity index is 2.02. The maximum Gasteiger partial charge on any atom is 0.195 e. The Morgan fingerprint density at radius 2 is 2.21 bits per heavy atom. The van der Waals surface area contributed by atoms with Crippen LogP contribution in [0.5, 0.6) is 0 Å². The lowest BCUT2D eigenvalue weighted by molar-refractivity contribution is 0.765. The molecule has 0 atom stereocenters. The highest BCUT2D eigenvalue weighted by molar-refractivity contribution is 7.71. The fourth-order valence-corrected chi connectivity index (χ4v) is 2.83. The monoisotopic (exact) mass is 288 g/mol. The van der Waals surface area contributed by atoms with Gasteiger partial charge in [-0.1, -0.05) is 12.1 Å². The molecule has 96 valence electrons. The Kier molecular flexibility index (Phi) is 3.27. The van der Waals surface area contributed by atoms with Crippen LogP contribution >= 0.6 is 23.6 Å². The Morgan fingerprint density at radius 1 is 1.32 bits per heavy atom. The zero-order chi connectivity index (χ0) is 13.2. The van der Waals surface area contributed by atoms with Gasteiger partial charge in [-0.25, -0.2) is 0 Å². The quantitative estimate of drug-likeness (QED) is 0.751. The van der Waals surface area contributed by atoms with Crippen molar-refractivity contribution in [2.75, 3.05) is 0 Å². The lowest BCUT2D eigenvalue weighted by atomic mass is 10.3. The number of nitrogens with zero attached hydrogens (tertiary/aromatic N) is 3. The number of hydrogen-bond donors (Lipinski definition) is 1. The molecule has 0 spiro atoms. The van der Waals surface area contributed by atoms with E-state index >= 15 is 0 Å². The predicted octanol–water partition coefficient (Wildman–Crippen LogP) is 3.42. The number of aromatic amines is 1. The van der Waals surface area contributed by atoms with E-state index in [0.29, 0.717) is 11.3 Å². The van der Waals surface area contributed by atoms with Gasteiger partial charge in [0.25, 0.3) is 0 Å². The van der Waals surface area contributed by atoms with Crippen LogP contribution < -0.4 is 0 Å². The van der Waals surface area contributed by atoms with E-state index in [1.807, 2.05) is 47.2 Å². The molecule has 0 bridgehead atoms. The van der Waals surface area contributed by atoms with Gasteiger partial charge < -0.3 is 0 Å². The second-order valence-electron chi connectivity index (χ2n) is 4.19. The second kappa shape index (κ2) is 5.07. The van der Waals surface area contributed by atoms with Crippen molar-refractivity contribution in [3.05, 3.63) is 51.9 Å². The minimum absolute atomic E-state index is 0.617. The summed E-state index contributed by atoms with van der Waals surface area (Å²) >= 11 is 6.95. The van der Waals surface area contributed by atoms with E-state index in [-0.39, 0.29) is 0 Å². The zero-order valence-electron chi connectivity index (χ0n) is 10.3. The van der Waals surface area contributed by atoms with E-state index in [0.717, 1.165) is 22.1 Å². The number of aryl methyl sites for hydroxylation is 1. The average molecular weight is 288 g/mol. The molecule has 3 aromatic heterocycles. The van der Waals surface area contributed by atoms with Gasteiger partial charge in [-0.15, -0.1) is 11.3 Å². The molecule has 0 fully saturated rings. The van der Waals surface area contributed by atoms with E-state index in [1.54, 1.807) is 11.3 Å². The fourth-order valence-electron chi connectivity index (χ4n) is 1.91. The Labute approximate surface area is 119 Å². The van der Waals surface area contributed by atoms with Crippen molar-refractivity contribution in [2.24, 2.45) is 0 Å². The molecule has 0 amide bonds. The highest BCUT2D eigenvalue weighted by atomic mass is 32.1. The average Bonchev–Trinajstić information content (AvgIpc) is 3.01. The van der Waals surface area contributed by atoms with Gasteiger partial charge >= 0.3 is 0 Å². The largest absolute Gasteiger partial charge is 0.293 e. The number of thiophene rings is 1. The summed E-state index contributed by atoms with van der Waals surface area (Å²) in [5.74, 6) is 0.864. The van der Waals surface area contributed by atoms with Gasteiger partial charge in [0, 0.05) is 5.69 Å². The molecule has 3 rings (SSSR count). The third-order valence-electron chi connectivity index (χ3n) is 2.77. The zero-order valence-corrected chi connectivity index (χ0v) is 12.0. The van der Waals surface area contributed by atoms with Crippen molar-refractivity contribution in [2.45, 2.75) is 13.5 Å². The smallest absolute Gasteiger partial charge is 0.195 e. The molecule has 0 aliphatic heterocycles. The molecular formula is C13H12N4S2. The number of nitrogens with one attached hydrogen (secondary N) is 1. The van der Waals surface area contributed by atoms with E-state index in [2.05, 4.69) is 15.2 Å². The summed E-state index contributed by atoms with van der Waals surface area (Å²) in [7, 11) is 0. The van der Waals surface area contributed by atoms with Gasteiger partial charge in [0.1, 0.15) is 0 Å². The molecular weight excluding hydrogens is 276 g/mol. The third-order valence-corrected chi connectivity index (χ3v) is 3.94. The van der Waals surface area contributed by atoms with Gasteiger partial charge in [0.2, 0.25) is 0 Å². The summed E-state index contributed by atoms with van der Waals surface area (Å²) < 4.78 is 2.59. The summed E-state index contributed by atoms with van der Waals surface area (Å²) in [6.07, 6.45) is 0. The molecule has 0 aromatic carbocycles. The van der Waals surface area contributed by atoms with Gasteiger partial charge in [-0.2, -0.15) is 5.10 Å². The van der Waals surface area contributed by atoms with Crippen LogP contribution in [-0.2, 0) is 6.54 Å². The third kappa shape index (κ3) is 2.50. The van der Waals surface area contributed by atoms with E-state index in [9.17, 15) is 0 Å². The van der Waals surface area contributed by atoms with Crippen LogP contribution in [0.15, 0.2) is 35.7 Å². The number of H-pyrrole nitrogens is 1. The lowest BCUT2D eigenvalue weighted by Crippen LogP contribution is -2.04. The first kappa shape index (κ1) is 12.3. The summed E-state index contributed by atoms with van der Waals surface area (Å²) in [5, 5.41) is 9.19. The SMILES string of the molecule is Cc1cccc(Cn2c(-c3cccs3)n[nH]c2=S)n1. The topological polar surface area (TPSA) is 46.5 Å². The van der Waals surface area contributed by atoms with Crippen LogP contribution in [0.1, 0.15) is 11.4 Å². The normalized spacial score (nSPS) is 10.8. The van der Waals surface area contributed by atoms with Crippen molar-refractivity contribution in [3.63, 3.8) is 0 Å². The molecule has 0 saturated carbocycles. The maximum absolute atomic E-state index is 5.30. The molecule has 0 aliphatic rings. The second-order valence-corrected chi connectivity index (χ2v) is 5.52. The highest BCUT2D eigenvalue weighted by Gasteiger charge is 2.10. The first-order valence-electron chi connectivity index (χ1n) is 5.85. The van der Waals surface area contributed by atoms with Crippen LogP contribution in [0.3, 0.4) is 0 Å². The summed E-state index contributed by atoms with van der Waals surface area (Å²) in [4.78, 5) is 5.60. The molecule has 1 N–H and O–H groups in total. The fraction of sp³-hybridized carbons (Fsp3) is 0.154. The summed E-state index contributed by atoms with van der Waals surface area (Å²) in [6, 6.07) is 10.0. The molecule has 6 heteroatoms.